The Kier molecular flexibility index (Phi) is 9.62. The number of aliphatic hydroxyl groups is 1. The number of ether oxygens (including phenoxy) is 4. The molecule has 0 spiro atoms. The number of carbonyl (C=O) groups is 2. The number of hydrogen-bond acceptors (Lipinski definition) is 7. The number of amides is 1. The van der Waals surface area contributed by atoms with Crippen LogP contribution in [0.15, 0.2) is 103 Å². The SMILES string of the molecule is COCCN1C(=O)C(=O)C(=C(O)c2ccc(OCc3cccc(C)c3)cc2)C1c1ccc(OCc2ccccc2)c(OC)c1. The Morgan fingerprint density at radius 3 is 2.23 bits per heavy atom. The third-order valence-corrected chi connectivity index (χ3v) is 7.43. The summed E-state index contributed by atoms with van der Waals surface area (Å²) in [6.45, 7) is 3.13. The van der Waals surface area contributed by atoms with Gasteiger partial charge in [-0.05, 0) is 60.0 Å². The standard InChI is InChI=1S/C36H35NO7/c1-24-8-7-11-26(20-24)23-43-29-15-12-27(13-16-29)34(38)32-33(37(18-19-41-2)36(40)35(32)39)28-14-17-30(31(21-28)42-3)44-22-25-9-5-4-6-10-25/h4-17,20-21,33,38H,18-19,22-23H2,1-3H3. The van der Waals surface area contributed by atoms with Crippen LogP contribution >= 0.6 is 0 Å². The van der Waals surface area contributed by atoms with Crippen molar-refractivity contribution in [2.45, 2.75) is 26.2 Å². The fourth-order valence-electron chi connectivity index (χ4n) is 5.19. The van der Waals surface area contributed by atoms with Crippen LogP contribution in [0, 0.1) is 6.92 Å². The highest BCUT2D eigenvalue weighted by molar-refractivity contribution is 6.46. The van der Waals surface area contributed by atoms with Gasteiger partial charge in [0.1, 0.15) is 24.7 Å². The molecule has 226 valence electrons. The van der Waals surface area contributed by atoms with Gasteiger partial charge < -0.3 is 29.0 Å². The van der Waals surface area contributed by atoms with Gasteiger partial charge in [-0.3, -0.25) is 9.59 Å². The largest absolute Gasteiger partial charge is 0.507 e. The summed E-state index contributed by atoms with van der Waals surface area (Å²) in [5.41, 5.74) is 4.15. The second-order valence-electron chi connectivity index (χ2n) is 10.5. The van der Waals surface area contributed by atoms with Crippen molar-refractivity contribution in [2.24, 2.45) is 0 Å². The van der Waals surface area contributed by atoms with Gasteiger partial charge in [-0.1, -0.05) is 66.2 Å². The first-order valence-corrected chi connectivity index (χ1v) is 14.3. The molecule has 4 aromatic carbocycles. The molecule has 1 aliphatic rings. The highest BCUT2D eigenvalue weighted by Gasteiger charge is 2.46. The Hall–Kier alpha value is -5.08. The lowest BCUT2D eigenvalue weighted by atomic mass is 9.95. The van der Waals surface area contributed by atoms with E-state index in [4.69, 9.17) is 18.9 Å². The van der Waals surface area contributed by atoms with Crippen molar-refractivity contribution in [3.8, 4) is 17.2 Å². The number of hydrogen-bond donors (Lipinski definition) is 1. The number of ketones is 1. The predicted octanol–water partition coefficient (Wildman–Crippen LogP) is 6.23. The van der Waals surface area contributed by atoms with E-state index >= 15 is 0 Å². The van der Waals surface area contributed by atoms with E-state index in [1.807, 2.05) is 55.5 Å². The maximum absolute atomic E-state index is 13.4. The molecular weight excluding hydrogens is 558 g/mol. The van der Waals surface area contributed by atoms with Crippen LogP contribution in [-0.2, 0) is 27.5 Å². The van der Waals surface area contributed by atoms with Crippen molar-refractivity contribution < 1.29 is 33.6 Å². The normalized spacial score (nSPS) is 15.8. The van der Waals surface area contributed by atoms with Gasteiger partial charge in [-0.15, -0.1) is 0 Å². The lowest BCUT2D eigenvalue weighted by molar-refractivity contribution is -0.140. The number of likely N-dealkylation sites (tertiary alicyclic amines) is 1. The quantitative estimate of drug-likeness (QED) is 0.118. The molecule has 1 saturated heterocycles. The van der Waals surface area contributed by atoms with Gasteiger partial charge in [0, 0.05) is 19.2 Å². The average Bonchev–Trinajstić information content (AvgIpc) is 3.30. The van der Waals surface area contributed by atoms with E-state index < -0.39 is 17.7 Å². The Balaban J connectivity index is 1.44. The minimum absolute atomic E-state index is 0.0143. The molecule has 1 heterocycles. The summed E-state index contributed by atoms with van der Waals surface area (Å²) in [5.74, 6) is -0.208. The molecule has 5 rings (SSSR count). The monoisotopic (exact) mass is 593 g/mol. The number of benzene rings is 4. The molecule has 1 unspecified atom stereocenters. The van der Waals surface area contributed by atoms with Crippen LogP contribution < -0.4 is 14.2 Å². The Morgan fingerprint density at radius 2 is 1.52 bits per heavy atom. The first-order valence-electron chi connectivity index (χ1n) is 14.3. The first kappa shape index (κ1) is 30.4. The van der Waals surface area contributed by atoms with E-state index in [2.05, 4.69) is 6.07 Å². The van der Waals surface area contributed by atoms with E-state index in [-0.39, 0.29) is 24.5 Å². The number of Topliss-reactive ketones (excluding diaryl/α,β-unsaturated/α-hetero) is 1. The molecule has 1 atom stereocenters. The molecular formula is C36H35NO7. The van der Waals surface area contributed by atoms with E-state index in [9.17, 15) is 14.7 Å². The Bertz CT molecular complexity index is 1650. The zero-order valence-electron chi connectivity index (χ0n) is 25.0. The predicted molar refractivity (Wildman–Crippen MR) is 167 cm³/mol. The fraction of sp³-hybridized carbons (Fsp3) is 0.222. The Labute approximate surface area is 257 Å². The van der Waals surface area contributed by atoms with E-state index in [1.54, 1.807) is 42.5 Å². The van der Waals surface area contributed by atoms with Crippen molar-refractivity contribution in [2.75, 3.05) is 27.4 Å². The zero-order valence-corrected chi connectivity index (χ0v) is 25.0. The maximum atomic E-state index is 13.4. The van der Waals surface area contributed by atoms with E-state index in [0.29, 0.717) is 41.6 Å². The highest BCUT2D eigenvalue weighted by atomic mass is 16.5. The molecule has 1 aliphatic heterocycles. The van der Waals surface area contributed by atoms with Crippen molar-refractivity contribution in [1.29, 1.82) is 0 Å². The maximum Gasteiger partial charge on any atom is 0.295 e. The topological polar surface area (TPSA) is 94.5 Å². The summed E-state index contributed by atoms with van der Waals surface area (Å²) in [5, 5.41) is 11.5. The van der Waals surface area contributed by atoms with Crippen LogP contribution in [0.3, 0.4) is 0 Å². The van der Waals surface area contributed by atoms with Crippen LogP contribution in [0.2, 0.25) is 0 Å². The third-order valence-electron chi connectivity index (χ3n) is 7.43. The van der Waals surface area contributed by atoms with Gasteiger partial charge >= 0.3 is 0 Å². The molecule has 8 nitrogen and oxygen atoms in total. The number of aryl methyl sites for hydroxylation is 1. The minimum Gasteiger partial charge on any atom is -0.507 e. The summed E-state index contributed by atoms with van der Waals surface area (Å²) in [4.78, 5) is 28.0. The number of nitrogens with zero attached hydrogens (tertiary/aromatic N) is 1. The second kappa shape index (κ2) is 13.9. The summed E-state index contributed by atoms with van der Waals surface area (Å²) >= 11 is 0. The summed E-state index contributed by atoms with van der Waals surface area (Å²) in [6.07, 6.45) is 0. The molecule has 4 aromatic rings. The van der Waals surface area contributed by atoms with Crippen LogP contribution in [0.25, 0.3) is 5.76 Å². The van der Waals surface area contributed by atoms with Crippen molar-refractivity contribution in [3.05, 3.63) is 130 Å². The van der Waals surface area contributed by atoms with Crippen molar-refractivity contribution >= 4 is 17.4 Å². The summed E-state index contributed by atoms with van der Waals surface area (Å²) in [7, 11) is 3.05. The fourth-order valence-corrected chi connectivity index (χ4v) is 5.19. The van der Waals surface area contributed by atoms with Gasteiger partial charge in [0.25, 0.3) is 11.7 Å². The molecule has 8 heteroatoms. The lowest BCUT2D eigenvalue weighted by Crippen LogP contribution is -2.32. The molecule has 1 amide bonds. The number of aliphatic hydroxyl groups excluding tert-OH is 1. The number of methoxy groups -OCH3 is 2. The van der Waals surface area contributed by atoms with Crippen molar-refractivity contribution in [1.82, 2.24) is 4.90 Å². The average molecular weight is 594 g/mol. The second-order valence-corrected chi connectivity index (χ2v) is 10.5. The van der Waals surface area contributed by atoms with Crippen LogP contribution in [0.1, 0.15) is 33.9 Å². The molecule has 0 radical (unpaired) electrons. The smallest absolute Gasteiger partial charge is 0.295 e. The molecule has 0 saturated carbocycles. The molecule has 0 bridgehead atoms. The summed E-state index contributed by atoms with van der Waals surface area (Å²) < 4.78 is 22.8. The molecule has 1 fully saturated rings. The van der Waals surface area contributed by atoms with Gasteiger partial charge in [-0.25, -0.2) is 0 Å². The van der Waals surface area contributed by atoms with E-state index in [0.717, 1.165) is 16.7 Å². The Morgan fingerprint density at radius 1 is 0.795 bits per heavy atom. The van der Waals surface area contributed by atoms with E-state index in [1.165, 1.54) is 19.1 Å². The van der Waals surface area contributed by atoms with Gasteiger partial charge in [0.05, 0.1) is 25.3 Å². The molecule has 44 heavy (non-hydrogen) atoms. The third kappa shape index (κ3) is 6.76. The van der Waals surface area contributed by atoms with Gasteiger partial charge in [-0.2, -0.15) is 0 Å². The van der Waals surface area contributed by atoms with Gasteiger partial charge in [0.15, 0.2) is 11.5 Å². The lowest BCUT2D eigenvalue weighted by Gasteiger charge is -2.25. The highest BCUT2D eigenvalue weighted by Crippen LogP contribution is 2.42. The minimum atomic E-state index is -0.862. The molecule has 0 aromatic heterocycles. The number of carbonyl (C=O) groups excluding carboxylic acids is 2. The first-order chi connectivity index (χ1) is 21.4. The molecule has 1 N–H and O–H groups in total. The van der Waals surface area contributed by atoms with Crippen LogP contribution in [-0.4, -0.2) is 49.1 Å². The van der Waals surface area contributed by atoms with Gasteiger partial charge in [0.2, 0.25) is 0 Å². The number of rotatable bonds is 12. The van der Waals surface area contributed by atoms with Crippen molar-refractivity contribution in [3.63, 3.8) is 0 Å². The zero-order chi connectivity index (χ0) is 31.1. The van der Waals surface area contributed by atoms with Crippen LogP contribution in [0.4, 0.5) is 0 Å². The summed E-state index contributed by atoms with van der Waals surface area (Å²) in [6, 6.07) is 29.0. The van der Waals surface area contributed by atoms with Crippen LogP contribution in [0.5, 0.6) is 17.2 Å². The molecule has 0 aliphatic carbocycles.